The fourth-order valence-electron chi connectivity index (χ4n) is 4.28. The molecule has 0 unspecified atom stereocenters. The first-order valence-corrected chi connectivity index (χ1v) is 8.96. The number of amides is 2. The summed E-state index contributed by atoms with van der Waals surface area (Å²) in [5.74, 6) is -3.29. The van der Waals surface area contributed by atoms with E-state index in [-0.39, 0.29) is 31.4 Å². The maximum absolute atomic E-state index is 13.8. The van der Waals surface area contributed by atoms with Gasteiger partial charge in [-0.05, 0) is 38.0 Å². The van der Waals surface area contributed by atoms with Crippen molar-refractivity contribution in [2.75, 3.05) is 13.2 Å². The van der Waals surface area contributed by atoms with Crippen LogP contribution >= 0.6 is 0 Å². The number of rotatable bonds is 5. The molecule has 7 heteroatoms. The molecule has 4 atom stereocenters. The van der Waals surface area contributed by atoms with E-state index in [9.17, 15) is 18.8 Å². The molecular weight excluding hydrogens is 339 g/mol. The maximum Gasteiger partial charge on any atom is 0.327 e. The lowest BCUT2D eigenvalue weighted by atomic mass is 9.78. The Kier molecular flexibility index (Phi) is 4.84. The number of nitrogens with zero attached hydrogens (tertiary/aromatic N) is 1. The minimum absolute atomic E-state index is 0.171. The molecule has 0 bridgehead atoms. The minimum atomic E-state index is -1.30. The minimum Gasteiger partial charge on any atom is -0.465 e. The Morgan fingerprint density at radius 3 is 2.58 bits per heavy atom. The number of hydrogen-bond acceptors (Lipinski definition) is 5. The molecule has 0 saturated carbocycles. The molecule has 0 radical (unpaired) electrons. The molecule has 3 rings (SSSR count). The fourth-order valence-corrected chi connectivity index (χ4v) is 4.28. The molecule has 2 aliphatic heterocycles. The van der Waals surface area contributed by atoms with Gasteiger partial charge in [0.05, 0.1) is 18.4 Å². The number of ether oxygens (including phenoxy) is 1. The van der Waals surface area contributed by atoms with E-state index < -0.39 is 35.2 Å². The Balaban J connectivity index is 2.13. The zero-order valence-corrected chi connectivity index (χ0v) is 15.1. The highest BCUT2D eigenvalue weighted by molar-refractivity contribution is 6.09. The predicted octanol–water partition coefficient (Wildman–Crippen LogP) is 1.80. The quantitative estimate of drug-likeness (QED) is 0.639. The fraction of sp³-hybridized carbons (Fsp3) is 0.526. The number of imide groups is 1. The molecule has 26 heavy (non-hydrogen) atoms. The number of benzene rings is 1. The summed E-state index contributed by atoms with van der Waals surface area (Å²) in [6, 6.07) is 5.26. The third kappa shape index (κ3) is 2.53. The number of halogens is 1. The van der Waals surface area contributed by atoms with E-state index >= 15 is 0 Å². The van der Waals surface area contributed by atoms with Gasteiger partial charge < -0.3 is 4.74 Å². The summed E-state index contributed by atoms with van der Waals surface area (Å²) in [7, 11) is 0. The Morgan fingerprint density at radius 2 is 2.00 bits per heavy atom. The molecule has 2 amide bonds. The monoisotopic (exact) mass is 362 g/mol. The Bertz CT molecular complexity index is 753. The normalized spacial score (nSPS) is 30.6. The molecule has 6 nitrogen and oxygen atoms in total. The summed E-state index contributed by atoms with van der Waals surface area (Å²) in [5.41, 5.74) is -0.757. The van der Waals surface area contributed by atoms with Crippen LogP contribution in [0.2, 0.25) is 0 Å². The molecule has 1 aromatic carbocycles. The van der Waals surface area contributed by atoms with E-state index in [0.29, 0.717) is 5.56 Å². The van der Waals surface area contributed by atoms with Gasteiger partial charge in [-0.15, -0.1) is 0 Å². The lowest BCUT2D eigenvalue weighted by Gasteiger charge is -2.31. The van der Waals surface area contributed by atoms with E-state index in [1.807, 2.05) is 0 Å². The molecule has 1 aromatic rings. The molecule has 0 aliphatic carbocycles. The van der Waals surface area contributed by atoms with Crippen LogP contribution in [-0.2, 0) is 19.1 Å². The van der Waals surface area contributed by atoms with E-state index in [4.69, 9.17) is 4.74 Å². The van der Waals surface area contributed by atoms with Crippen LogP contribution in [-0.4, -0.2) is 41.4 Å². The van der Waals surface area contributed by atoms with Gasteiger partial charge >= 0.3 is 5.97 Å². The molecular formula is C19H23FN2O4. The SMILES string of the molecule is CCOC(=O)[C@@]1(CC)N[C@@H](c2cccc(F)c2)[C@H]2C(=O)N(CC)C(=O)[C@H]21. The zero-order chi connectivity index (χ0) is 19.1. The number of carbonyl (C=O) groups is 3. The lowest BCUT2D eigenvalue weighted by Crippen LogP contribution is -2.56. The van der Waals surface area contributed by atoms with Gasteiger partial charge in [0.15, 0.2) is 0 Å². The molecule has 140 valence electrons. The van der Waals surface area contributed by atoms with Crippen LogP contribution in [0.25, 0.3) is 0 Å². The largest absolute Gasteiger partial charge is 0.465 e. The number of likely N-dealkylation sites (tertiary alicyclic amines) is 1. The summed E-state index contributed by atoms with van der Waals surface area (Å²) in [4.78, 5) is 39.8. The highest BCUT2D eigenvalue weighted by Crippen LogP contribution is 2.50. The van der Waals surface area contributed by atoms with E-state index in [2.05, 4.69) is 5.32 Å². The van der Waals surface area contributed by atoms with Gasteiger partial charge in [0.2, 0.25) is 11.8 Å². The van der Waals surface area contributed by atoms with Gasteiger partial charge in [-0.25, -0.2) is 4.39 Å². The van der Waals surface area contributed by atoms with Crippen LogP contribution in [0, 0.1) is 17.7 Å². The standard InChI is InChI=1S/C19H23FN2O4/c1-4-19(18(25)26-6-3)14-13(16(23)22(5-2)17(14)24)15(21-19)11-8-7-9-12(20)10-11/h7-10,13-15,21H,4-6H2,1-3H3/t13-,14-,15-,19-/m0/s1. The molecule has 2 saturated heterocycles. The van der Waals surface area contributed by atoms with Crippen LogP contribution in [0.15, 0.2) is 24.3 Å². The zero-order valence-electron chi connectivity index (χ0n) is 15.1. The van der Waals surface area contributed by atoms with Crippen molar-refractivity contribution in [3.63, 3.8) is 0 Å². The first-order chi connectivity index (χ1) is 12.4. The van der Waals surface area contributed by atoms with Crippen LogP contribution in [0.4, 0.5) is 4.39 Å². The van der Waals surface area contributed by atoms with Crippen molar-refractivity contribution >= 4 is 17.8 Å². The highest BCUT2D eigenvalue weighted by Gasteiger charge is 2.67. The van der Waals surface area contributed by atoms with Crippen molar-refractivity contribution in [3.8, 4) is 0 Å². The first-order valence-electron chi connectivity index (χ1n) is 8.96. The number of nitrogens with one attached hydrogen (secondary N) is 1. The van der Waals surface area contributed by atoms with Crippen molar-refractivity contribution in [3.05, 3.63) is 35.6 Å². The summed E-state index contributed by atoms with van der Waals surface area (Å²) in [6.07, 6.45) is 0.287. The van der Waals surface area contributed by atoms with E-state index in [0.717, 1.165) is 0 Å². The van der Waals surface area contributed by atoms with Gasteiger partial charge in [0.1, 0.15) is 11.4 Å². The van der Waals surface area contributed by atoms with Crippen LogP contribution in [0.3, 0.4) is 0 Å². The summed E-state index contributed by atoms with van der Waals surface area (Å²) < 4.78 is 19.0. The molecule has 2 fully saturated rings. The third-order valence-corrected chi connectivity index (χ3v) is 5.47. The third-order valence-electron chi connectivity index (χ3n) is 5.47. The predicted molar refractivity (Wildman–Crippen MR) is 91.3 cm³/mol. The Hall–Kier alpha value is -2.28. The van der Waals surface area contributed by atoms with Crippen LogP contribution in [0.1, 0.15) is 38.8 Å². The van der Waals surface area contributed by atoms with Gasteiger partial charge in [0.25, 0.3) is 0 Å². The average Bonchev–Trinajstić information content (AvgIpc) is 3.10. The van der Waals surface area contributed by atoms with Crippen molar-refractivity contribution < 1.29 is 23.5 Å². The number of fused-ring (bicyclic) bond motifs is 1. The summed E-state index contributed by atoms with van der Waals surface area (Å²) in [6.45, 7) is 5.60. The summed E-state index contributed by atoms with van der Waals surface area (Å²) >= 11 is 0. The highest BCUT2D eigenvalue weighted by atomic mass is 19.1. The van der Waals surface area contributed by atoms with Gasteiger partial charge in [-0.1, -0.05) is 19.1 Å². The second-order valence-electron chi connectivity index (χ2n) is 6.65. The molecule has 1 N–H and O–H groups in total. The Labute approximate surface area is 151 Å². The number of hydrogen-bond donors (Lipinski definition) is 1. The molecule has 2 heterocycles. The van der Waals surface area contributed by atoms with Crippen molar-refractivity contribution in [2.24, 2.45) is 11.8 Å². The van der Waals surface area contributed by atoms with Crippen LogP contribution in [0.5, 0.6) is 0 Å². The molecule has 0 aromatic heterocycles. The smallest absolute Gasteiger partial charge is 0.327 e. The van der Waals surface area contributed by atoms with E-state index in [1.54, 1.807) is 32.9 Å². The number of carbonyl (C=O) groups excluding carboxylic acids is 3. The first kappa shape index (κ1) is 18.5. The Morgan fingerprint density at radius 1 is 1.27 bits per heavy atom. The number of esters is 1. The van der Waals surface area contributed by atoms with Crippen molar-refractivity contribution in [1.29, 1.82) is 0 Å². The second kappa shape index (κ2) is 6.79. The van der Waals surface area contributed by atoms with Gasteiger partial charge in [-0.3, -0.25) is 24.6 Å². The van der Waals surface area contributed by atoms with Crippen LogP contribution < -0.4 is 5.32 Å². The van der Waals surface area contributed by atoms with Gasteiger partial charge in [0, 0.05) is 12.6 Å². The van der Waals surface area contributed by atoms with Gasteiger partial charge in [-0.2, -0.15) is 0 Å². The molecule has 0 spiro atoms. The maximum atomic E-state index is 13.8. The second-order valence-corrected chi connectivity index (χ2v) is 6.65. The molecule has 2 aliphatic rings. The lowest BCUT2D eigenvalue weighted by molar-refractivity contribution is -0.156. The van der Waals surface area contributed by atoms with Crippen molar-refractivity contribution in [1.82, 2.24) is 10.2 Å². The van der Waals surface area contributed by atoms with Crippen molar-refractivity contribution in [2.45, 2.75) is 38.8 Å². The average molecular weight is 362 g/mol. The topological polar surface area (TPSA) is 75.7 Å². The van der Waals surface area contributed by atoms with E-state index in [1.165, 1.54) is 17.0 Å². The summed E-state index contributed by atoms with van der Waals surface area (Å²) in [5, 5.41) is 3.18.